The number of fused-ring (bicyclic) bond motifs is 1. The summed E-state index contributed by atoms with van der Waals surface area (Å²) >= 11 is 0. The minimum absolute atomic E-state index is 0.0267. The van der Waals surface area contributed by atoms with Crippen molar-refractivity contribution < 1.29 is 33.4 Å². The largest absolute Gasteiger partial charge is 0.454 e. The van der Waals surface area contributed by atoms with Crippen LogP contribution in [0.15, 0.2) is 24.3 Å². The number of benzene rings is 1. The fraction of sp³-hybridized carbons (Fsp3) is 0.450. The Hall–Kier alpha value is -3.43. The number of carbonyl (C=O) groups is 5. The third-order valence-corrected chi connectivity index (χ3v) is 4.94. The lowest BCUT2D eigenvalue weighted by molar-refractivity contribution is -0.154. The molecule has 160 valence electrons. The summed E-state index contributed by atoms with van der Waals surface area (Å²) in [5.41, 5.74) is 0.995. The highest BCUT2D eigenvalue weighted by Gasteiger charge is 2.33. The van der Waals surface area contributed by atoms with E-state index in [-0.39, 0.29) is 13.0 Å². The standard InChI is InChI=1S/C20H23N3O7/c1-2-29-20(28)22-9-7-21(8-10-22)17(25)13-30-18(26)12-23-16(24)11-14-5-3-4-6-15(14)19(23)27/h3-6H,2,7-13H2,1H3. The second-order valence-electron chi connectivity index (χ2n) is 6.85. The van der Waals surface area contributed by atoms with Gasteiger partial charge in [0.25, 0.3) is 11.8 Å². The second-order valence-corrected chi connectivity index (χ2v) is 6.85. The fourth-order valence-electron chi connectivity index (χ4n) is 3.32. The molecular weight excluding hydrogens is 394 g/mol. The van der Waals surface area contributed by atoms with Gasteiger partial charge in [-0.15, -0.1) is 0 Å². The van der Waals surface area contributed by atoms with E-state index in [1.54, 1.807) is 31.2 Å². The molecule has 0 aromatic heterocycles. The first-order valence-corrected chi connectivity index (χ1v) is 9.68. The zero-order valence-electron chi connectivity index (χ0n) is 16.7. The van der Waals surface area contributed by atoms with E-state index >= 15 is 0 Å². The number of hydrogen-bond acceptors (Lipinski definition) is 7. The molecule has 0 atom stereocenters. The maximum absolute atomic E-state index is 12.5. The topological polar surface area (TPSA) is 114 Å². The molecule has 2 aliphatic rings. The molecule has 10 heteroatoms. The van der Waals surface area contributed by atoms with Crippen LogP contribution in [-0.2, 0) is 30.3 Å². The van der Waals surface area contributed by atoms with Gasteiger partial charge < -0.3 is 19.3 Å². The first kappa shape index (κ1) is 21.3. The first-order valence-electron chi connectivity index (χ1n) is 9.68. The van der Waals surface area contributed by atoms with Crippen LogP contribution in [0.1, 0.15) is 22.8 Å². The van der Waals surface area contributed by atoms with Crippen molar-refractivity contribution in [3.05, 3.63) is 35.4 Å². The van der Waals surface area contributed by atoms with Gasteiger partial charge in [0.1, 0.15) is 6.54 Å². The van der Waals surface area contributed by atoms with Gasteiger partial charge in [-0.3, -0.25) is 24.1 Å². The molecule has 10 nitrogen and oxygen atoms in total. The Morgan fingerprint density at radius 2 is 1.63 bits per heavy atom. The number of ether oxygens (including phenoxy) is 2. The zero-order chi connectivity index (χ0) is 21.7. The number of rotatable bonds is 5. The minimum atomic E-state index is -0.838. The second kappa shape index (κ2) is 9.38. The van der Waals surface area contributed by atoms with Crippen molar-refractivity contribution >= 4 is 29.8 Å². The SMILES string of the molecule is CCOC(=O)N1CCN(C(=O)COC(=O)CN2C(=O)Cc3ccccc3C2=O)CC1. The Morgan fingerprint density at radius 3 is 2.33 bits per heavy atom. The third kappa shape index (κ3) is 4.76. The highest BCUT2D eigenvalue weighted by atomic mass is 16.6. The Kier molecular flexibility index (Phi) is 6.65. The van der Waals surface area contributed by atoms with Crippen LogP contribution in [0.5, 0.6) is 0 Å². The van der Waals surface area contributed by atoms with E-state index < -0.39 is 42.9 Å². The molecule has 0 aliphatic carbocycles. The zero-order valence-corrected chi connectivity index (χ0v) is 16.7. The normalized spacial score (nSPS) is 16.2. The highest BCUT2D eigenvalue weighted by molar-refractivity contribution is 6.11. The van der Waals surface area contributed by atoms with Gasteiger partial charge >= 0.3 is 12.1 Å². The van der Waals surface area contributed by atoms with E-state index in [1.807, 2.05) is 0 Å². The molecule has 30 heavy (non-hydrogen) atoms. The lowest BCUT2D eigenvalue weighted by Crippen LogP contribution is -2.51. The van der Waals surface area contributed by atoms with Crippen LogP contribution in [0.25, 0.3) is 0 Å². The molecule has 2 heterocycles. The van der Waals surface area contributed by atoms with Crippen LogP contribution >= 0.6 is 0 Å². The molecule has 1 aromatic rings. The summed E-state index contributed by atoms with van der Waals surface area (Å²) in [4.78, 5) is 64.5. The summed E-state index contributed by atoms with van der Waals surface area (Å²) in [5, 5.41) is 0. The summed E-state index contributed by atoms with van der Waals surface area (Å²) in [6.07, 6.45) is -0.396. The molecule has 0 saturated carbocycles. The molecule has 4 amide bonds. The van der Waals surface area contributed by atoms with E-state index in [0.29, 0.717) is 37.3 Å². The smallest absolute Gasteiger partial charge is 0.409 e. The van der Waals surface area contributed by atoms with Crippen LogP contribution in [0.2, 0.25) is 0 Å². The average Bonchev–Trinajstić information content (AvgIpc) is 2.75. The van der Waals surface area contributed by atoms with E-state index in [2.05, 4.69) is 0 Å². The predicted octanol–water partition coefficient (Wildman–Crippen LogP) is 0.0554. The number of nitrogens with zero attached hydrogens (tertiary/aromatic N) is 3. The first-order chi connectivity index (χ1) is 14.4. The highest BCUT2D eigenvalue weighted by Crippen LogP contribution is 2.19. The van der Waals surface area contributed by atoms with Gasteiger partial charge in [0.15, 0.2) is 6.61 Å². The number of carbonyl (C=O) groups excluding carboxylic acids is 5. The van der Waals surface area contributed by atoms with Gasteiger partial charge in [-0.05, 0) is 18.6 Å². The fourth-order valence-corrected chi connectivity index (χ4v) is 3.32. The Bertz CT molecular complexity index is 862. The van der Waals surface area contributed by atoms with Gasteiger partial charge in [0, 0.05) is 31.7 Å². The van der Waals surface area contributed by atoms with E-state index in [4.69, 9.17) is 9.47 Å². The van der Waals surface area contributed by atoms with Crippen LogP contribution in [0.4, 0.5) is 4.79 Å². The van der Waals surface area contributed by atoms with E-state index in [1.165, 1.54) is 9.80 Å². The van der Waals surface area contributed by atoms with Crippen LogP contribution < -0.4 is 0 Å². The van der Waals surface area contributed by atoms with E-state index in [0.717, 1.165) is 4.90 Å². The molecular formula is C20H23N3O7. The van der Waals surface area contributed by atoms with Crippen LogP contribution in [0.3, 0.4) is 0 Å². The summed E-state index contributed by atoms with van der Waals surface area (Å²) in [7, 11) is 0. The maximum atomic E-state index is 12.5. The molecule has 1 aromatic carbocycles. The van der Waals surface area contributed by atoms with Crippen molar-refractivity contribution in [3.8, 4) is 0 Å². The van der Waals surface area contributed by atoms with Crippen LogP contribution in [0, 0.1) is 0 Å². The Labute approximate surface area is 173 Å². The summed E-state index contributed by atoms with van der Waals surface area (Å²) in [6.45, 7) is 2.21. The number of imide groups is 1. The van der Waals surface area contributed by atoms with Crippen molar-refractivity contribution in [2.75, 3.05) is 45.9 Å². The lowest BCUT2D eigenvalue weighted by atomic mass is 9.98. The molecule has 1 fully saturated rings. The molecule has 0 unspecified atom stereocenters. The molecule has 0 bridgehead atoms. The monoisotopic (exact) mass is 417 g/mol. The predicted molar refractivity (Wildman–Crippen MR) is 102 cm³/mol. The number of piperazine rings is 1. The minimum Gasteiger partial charge on any atom is -0.454 e. The van der Waals surface area contributed by atoms with Crippen LogP contribution in [-0.4, -0.2) is 90.4 Å². The third-order valence-electron chi connectivity index (χ3n) is 4.94. The molecule has 3 rings (SSSR count). The van der Waals surface area contributed by atoms with Crippen molar-refractivity contribution in [2.24, 2.45) is 0 Å². The van der Waals surface area contributed by atoms with Gasteiger partial charge in [-0.1, -0.05) is 18.2 Å². The molecule has 2 aliphatic heterocycles. The quantitative estimate of drug-likeness (QED) is 0.491. The molecule has 0 spiro atoms. The van der Waals surface area contributed by atoms with Crippen molar-refractivity contribution in [1.29, 1.82) is 0 Å². The lowest BCUT2D eigenvalue weighted by Gasteiger charge is -2.33. The van der Waals surface area contributed by atoms with E-state index in [9.17, 15) is 24.0 Å². The molecule has 0 N–H and O–H groups in total. The van der Waals surface area contributed by atoms with Crippen molar-refractivity contribution in [3.63, 3.8) is 0 Å². The van der Waals surface area contributed by atoms with Gasteiger partial charge in [-0.2, -0.15) is 0 Å². The summed E-state index contributed by atoms with van der Waals surface area (Å²) in [5.74, 6) is -2.29. The number of hydrogen-bond donors (Lipinski definition) is 0. The maximum Gasteiger partial charge on any atom is 0.409 e. The average molecular weight is 417 g/mol. The van der Waals surface area contributed by atoms with Gasteiger partial charge in [0.05, 0.1) is 13.0 Å². The van der Waals surface area contributed by atoms with Crippen molar-refractivity contribution in [1.82, 2.24) is 14.7 Å². The number of amides is 4. The summed E-state index contributed by atoms with van der Waals surface area (Å²) < 4.78 is 9.90. The van der Waals surface area contributed by atoms with Crippen molar-refractivity contribution in [2.45, 2.75) is 13.3 Å². The van der Waals surface area contributed by atoms with Gasteiger partial charge in [-0.25, -0.2) is 4.79 Å². The number of esters is 1. The Morgan fingerprint density at radius 1 is 0.967 bits per heavy atom. The molecule has 1 saturated heterocycles. The van der Waals surface area contributed by atoms with Gasteiger partial charge in [0.2, 0.25) is 5.91 Å². The summed E-state index contributed by atoms with van der Waals surface area (Å²) in [6, 6.07) is 6.72. The molecule has 0 radical (unpaired) electrons. The Balaban J connectivity index is 1.46.